The van der Waals surface area contributed by atoms with Gasteiger partial charge in [0.1, 0.15) is 11.6 Å². The van der Waals surface area contributed by atoms with Gasteiger partial charge >= 0.3 is 0 Å². The van der Waals surface area contributed by atoms with Gasteiger partial charge in [-0.25, -0.2) is 22.6 Å². The lowest BCUT2D eigenvalue weighted by molar-refractivity contribution is 0.204. The molecule has 0 saturated heterocycles. The molecule has 2 N–H and O–H groups in total. The third kappa shape index (κ3) is 5.41. The lowest BCUT2D eigenvalue weighted by Crippen LogP contribution is -2.27. The van der Waals surface area contributed by atoms with E-state index in [-0.39, 0.29) is 35.3 Å². The monoisotopic (exact) mass is 503 g/mol. The predicted molar refractivity (Wildman–Crippen MR) is 132 cm³/mol. The van der Waals surface area contributed by atoms with Crippen LogP contribution in [-0.4, -0.2) is 54.9 Å². The highest BCUT2D eigenvalue weighted by molar-refractivity contribution is 7.89. The van der Waals surface area contributed by atoms with E-state index in [1.165, 1.54) is 32.1 Å². The Morgan fingerprint density at radius 3 is 2.63 bits per heavy atom. The molecule has 1 aliphatic rings. The SMILES string of the molecule is CCOc1ccc(S(=O)(=O)NCCOC)cc1-c1nn2c(C3CCCCCC3)nc(C)c2c(=O)[nH]1. The smallest absolute Gasteiger partial charge is 0.277 e. The molecule has 4 rings (SSSR count). The third-order valence-electron chi connectivity index (χ3n) is 6.34. The molecule has 1 aliphatic carbocycles. The number of aromatic nitrogens is 4. The quantitative estimate of drug-likeness (QED) is 0.339. The fourth-order valence-electron chi connectivity index (χ4n) is 4.62. The molecule has 11 heteroatoms. The molecule has 0 aliphatic heterocycles. The number of nitrogens with one attached hydrogen (secondary N) is 2. The summed E-state index contributed by atoms with van der Waals surface area (Å²) in [4.78, 5) is 20.7. The number of hydrogen-bond acceptors (Lipinski definition) is 7. The topological polar surface area (TPSA) is 128 Å². The highest BCUT2D eigenvalue weighted by Gasteiger charge is 2.24. The Morgan fingerprint density at radius 2 is 1.94 bits per heavy atom. The summed E-state index contributed by atoms with van der Waals surface area (Å²) < 4.78 is 40.5. The molecule has 35 heavy (non-hydrogen) atoms. The molecule has 0 bridgehead atoms. The van der Waals surface area contributed by atoms with Crippen molar-refractivity contribution in [2.45, 2.75) is 63.2 Å². The van der Waals surface area contributed by atoms with E-state index in [2.05, 4.69) is 9.71 Å². The minimum absolute atomic E-state index is 0.0422. The van der Waals surface area contributed by atoms with Crippen molar-refractivity contribution in [3.05, 3.63) is 40.1 Å². The molecule has 1 fully saturated rings. The average molecular weight is 504 g/mol. The first-order valence-corrected chi connectivity index (χ1v) is 13.6. The molecular formula is C24H33N5O5S. The van der Waals surface area contributed by atoms with E-state index >= 15 is 0 Å². The highest BCUT2D eigenvalue weighted by Crippen LogP contribution is 2.33. The Morgan fingerprint density at radius 1 is 1.20 bits per heavy atom. The molecule has 2 aromatic heterocycles. The summed E-state index contributed by atoms with van der Waals surface area (Å²) in [7, 11) is -2.29. The number of methoxy groups -OCH3 is 1. The summed E-state index contributed by atoms with van der Waals surface area (Å²) in [6.45, 7) is 4.41. The average Bonchev–Trinajstić information content (AvgIpc) is 2.99. The number of benzene rings is 1. The van der Waals surface area contributed by atoms with Crippen LogP contribution in [0.5, 0.6) is 5.75 Å². The zero-order chi connectivity index (χ0) is 25.0. The number of sulfonamides is 1. The number of aromatic amines is 1. The molecular weight excluding hydrogens is 470 g/mol. The van der Waals surface area contributed by atoms with Gasteiger partial charge in [-0.05, 0) is 44.9 Å². The van der Waals surface area contributed by atoms with E-state index in [1.807, 2.05) is 13.8 Å². The summed E-state index contributed by atoms with van der Waals surface area (Å²) in [5.41, 5.74) is 1.11. The van der Waals surface area contributed by atoms with Crippen LogP contribution in [0.4, 0.5) is 0 Å². The van der Waals surface area contributed by atoms with Crippen molar-refractivity contribution in [3.63, 3.8) is 0 Å². The van der Waals surface area contributed by atoms with Crippen LogP contribution in [0.3, 0.4) is 0 Å². The first-order chi connectivity index (χ1) is 16.9. The Hall–Kier alpha value is -2.76. The lowest BCUT2D eigenvalue weighted by atomic mass is 10.00. The maximum Gasteiger partial charge on any atom is 0.277 e. The number of imidazole rings is 1. The minimum Gasteiger partial charge on any atom is -0.493 e. The normalized spacial score (nSPS) is 15.4. The predicted octanol–water partition coefficient (Wildman–Crippen LogP) is 3.15. The maximum atomic E-state index is 13.1. The van der Waals surface area contributed by atoms with Gasteiger partial charge in [0.25, 0.3) is 5.56 Å². The van der Waals surface area contributed by atoms with Crippen molar-refractivity contribution < 1.29 is 17.9 Å². The number of aryl methyl sites for hydroxylation is 1. The second kappa shape index (κ2) is 10.9. The van der Waals surface area contributed by atoms with Crippen molar-refractivity contribution in [2.75, 3.05) is 26.9 Å². The summed E-state index contributed by atoms with van der Waals surface area (Å²) in [5, 5.41) is 4.76. The number of H-pyrrole nitrogens is 1. The first kappa shape index (κ1) is 25.3. The van der Waals surface area contributed by atoms with E-state index in [9.17, 15) is 13.2 Å². The Bertz CT molecular complexity index is 1340. The molecule has 0 radical (unpaired) electrons. The summed E-state index contributed by atoms with van der Waals surface area (Å²) in [6, 6.07) is 4.53. The molecule has 2 heterocycles. The molecule has 0 amide bonds. The molecule has 1 aromatic carbocycles. The maximum absolute atomic E-state index is 13.1. The van der Waals surface area contributed by atoms with Gasteiger partial charge in [0.05, 0.1) is 29.4 Å². The zero-order valence-electron chi connectivity index (χ0n) is 20.5. The van der Waals surface area contributed by atoms with Crippen molar-refractivity contribution in [2.24, 2.45) is 0 Å². The van der Waals surface area contributed by atoms with Gasteiger partial charge in [-0.15, -0.1) is 5.10 Å². The number of ether oxygens (including phenoxy) is 2. The van der Waals surface area contributed by atoms with Crippen LogP contribution < -0.4 is 15.0 Å². The second-order valence-electron chi connectivity index (χ2n) is 8.79. The van der Waals surface area contributed by atoms with Crippen LogP contribution >= 0.6 is 0 Å². The van der Waals surface area contributed by atoms with Crippen LogP contribution in [0, 0.1) is 6.92 Å². The van der Waals surface area contributed by atoms with Gasteiger partial charge in [0.2, 0.25) is 10.0 Å². The van der Waals surface area contributed by atoms with Gasteiger partial charge in [-0.1, -0.05) is 25.7 Å². The van der Waals surface area contributed by atoms with Gasteiger partial charge in [0, 0.05) is 19.6 Å². The standard InChI is InChI=1S/C24H33N5O5S/c1-4-34-20-12-11-18(35(31,32)25-13-14-33-3)15-19(20)22-27-24(30)21-16(2)26-23(29(21)28-22)17-9-7-5-6-8-10-17/h11-12,15,17,25H,4-10,13-14H2,1-3H3,(H,27,28,30). The number of nitrogens with zero attached hydrogens (tertiary/aromatic N) is 3. The van der Waals surface area contributed by atoms with Crippen molar-refractivity contribution in [1.82, 2.24) is 24.3 Å². The zero-order valence-corrected chi connectivity index (χ0v) is 21.3. The van der Waals surface area contributed by atoms with Crippen molar-refractivity contribution >= 4 is 15.5 Å². The highest BCUT2D eigenvalue weighted by atomic mass is 32.2. The summed E-state index contributed by atoms with van der Waals surface area (Å²) in [5.74, 6) is 1.67. The summed E-state index contributed by atoms with van der Waals surface area (Å²) in [6.07, 6.45) is 6.67. The Kier molecular flexibility index (Phi) is 7.88. The van der Waals surface area contributed by atoms with E-state index in [1.54, 1.807) is 10.6 Å². The van der Waals surface area contributed by atoms with Crippen LogP contribution in [0.2, 0.25) is 0 Å². The minimum atomic E-state index is -3.80. The van der Waals surface area contributed by atoms with E-state index in [4.69, 9.17) is 19.6 Å². The van der Waals surface area contributed by atoms with Gasteiger partial charge in [0.15, 0.2) is 11.3 Å². The van der Waals surface area contributed by atoms with Crippen molar-refractivity contribution in [1.29, 1.82) is 0 Å². The van der Waals surface area contributed by atoms with Crippen LogP contribution in [0.1, 0.15) is 62.9 Å². The van der Waals surface area contributed by atoms with E-state index in [0.717, 1.165) is 31.5 Å². The molecule has 10 nitrogen and oxygen atoms in total. The molecule has 1 saturated carbocycles. The number of hydrogen-bond donors (Lipinski definition) is 2. The van der Waals surface area contributed by atoms with Crippen LogP contribution in [0.15, 0.2) is 27.9 Å². The summed E-state index contributed by atoms with van der Waals surface area (Å²) >= 11 is 0. The molecule has 0 atom stereocenters. The van der Waals surface area contributed by atoms with Crippen molar-refractivity contribution in [3.8, 4) is 17.1 Å². The van der Waals surface area contributed by atoms with E-state index < -0.39 is 10.0 Å². The van der Waals surface area contributed by atoms with Crippen LogP contribution in [0.25, 0.3) is 16.9 Å². The first-order valence-electron chi connectivity index (χ1n) is 12.1. The van der Waals surface area contributed by atoms with Gasteiger partial charge in [-0.3, -0.25) is 4.79 Å². The van der Waals surface area contributed by atoms with Gasteiger partial charge < -0.3 is 14.5 Å². The Balaban J connectivity index is 1.84. The lowest BCUT2D eigenvalue weighted by Gasteiger charge is -2.14. The van der Waals surface area contributed by atoms with E-state index in [0.29, 0.717) is 29.1 Å². The Labute approximate surface area is 205 Å². The molecule has 0 spiro atoms. The van der Waals surface area contributed by atoms with Gasteiger partial charge in [-0.2, -0.15) is 0 Å². The second-order valence-corrected chi connectivity index (χ2v) is 10.6. The number of rotatable bonds is 9. The molecule has 3 aromatic rings. The molecule has 0 unspecified atom stereocenters. The van der Waals surface area contributed by atoms with Crippen LogP contribution in [-0.2, 0) is 14.8 Å². The fraction of sp³-hybridized carbons (Fsp3) is 0.542. The third-order valence-corrected chi connectivity index (χ3v) is 7.79. The largest absolute Gasteiger partial charge is 0.493 e. The number of fused-ring (bicyclic) bond motifs is 1. The molecule has 190 valence electrons. The fourth-order valence-corrected chi connectivity index (χ4v) is 5.66.